The van der Waals surface area contributed by atoms with E-state index in [4.69, 9.17) is 21.1 Å². The number of carbonyl (C=O) groups excluding carboxylic acids is 2. The summed E-state index contributed by atoms with van der Waals surface area (Å²) in [5.74, 6) is 0.295. The molecule has 0 bridgehead atoms. The molecule has 26 heavy (non-hydrogen) atoms. The van der Waals surface area contributed by atoms with Crippen LogP contribution in [0.3, 0.4) is 0 Å². The molecule has 0 fully saturated rings. The van der Waals surface area contributed by atoms with Crippen molar-refractivity contribution < 1.29 is 23.8 Å². The maximum atomic E-state index is 12.2. The van der Waals surface area contributed by atoms with E-state index < -0.39 is 11.9 Å². The van der Waals surface area contributed by atoms with Crippen LogP contribution in [-0.4, -0.2) is 33.2 Å². The first-order valence-corrected chi connectivity index (χ1v) is 7.94. The third kappa shape index (κ3) is 5.00. The number of hydrogen-bond donors (Lipinski definition) is 1. The van der Waals surface area contributed by atoms with E-state index in [0.29, 0.717) is 22.2 Å². The largest absolute Gasteiger partial charge is 0.497 e. The van der Waals surface area contributed by atoms with Crippen molar-refractivity contribution in [2.45, 2.75) is 0 Å². The van der Waals surface area contributed by atoms with Crippen LogP contribution < -0.4 is 14.8 Å². The number of esters is 1. The van der Waals surface area contributed by atoms with E-state index in [2.05, 4.69) is 10.1 Å². The van der Waals surface area contributed by atoms with Crippen molar-refractivity contribution in [3.8, 4) is 11.5 Å². The predicted octanol–water partition coefficient (Wildman–Crippen LogP) is 3.80. The van der Waals surface area contributed by atoms with E-state index >= 15 is 0 Å². The van der Waals surface area contributed by atoms with Crippen LogP contribution >= 0.6 is 11.6 Å². The van der Waals surface area contributed by atoms with Gasteiger partial charge in [-0.1, -0.05) is 11.6 Å². The van der Waals surface area contributed by atoms with Crippen LogP contribution in [0.1, 0.15) is 15.9 Å². The number of methoxy groups -OCH3 is 3. The second kappa shape index (κ2) is 8.92. The molecule has 7 heteroatoms. The molecule has 2 rings (SSSR count). The summed E-state index contributed by atoms with van der Waals surface area (Å²) in [6, 6.07) is 9.74. The van der Waals surface area contributed by atoms with Crippen LogP contribution in [0, 0.1) is 0 Å². The lowest BCUT2D eigenvalue weighted by atomic mass is 10.1. The Bertz CT molecular complexity index is 826. The van der Waals surface area contributed by atoms with Gasteiger partial charge in [-0.05, 0) is 42.0 Å². The van der Waals surface area contributed by atoms with Gasteiger partial charge >= 0.3 is 5.97 Å². The summed E-state index contributed by atoms with van der Waals surface area (Å²) in [5.41, 5.74) is 1.33. The molecule has 0 unspecified atom stereocenters. The molecule has 1 amide bonds. The molecule has 2 aromatic carbocycles. The van der Waals surface area contributed by atoms with Gasteiger partial charge in [-0.3, -0.25) is 4.79 Å². The summed E-state index contributed by atoms with van der Waals surface area (Å²) in [6.45, 7) is 0. The zero-order chi connectivity index (χ0) is 19.1. The molecular formula is C19H18ClNO5. The number of rotatable bonds is 6. The topological polar surface area (TPSA) is 73.9 Å². The minimum Gasteiger partial charge on any atom is -0.497 e. The first kappa shape index (κ1) is 19.3. The minimum absolute atomic E-state index is 0.286. The Morgan fingerprint density at radius 3 is 2.23 bits per heavy atom. The van der Waals surface area contributed by atoms with Crippen molar-refractivity contribution in [3.63, 3.8) is 0 Å². The van der Waals surface area contributed by atoms with E-state index in [1.54, 1.807) is 38.5 Å². The number of nitrogens with one attached hydrogen (secondary N) is 1. The standard InChI is InChI=1S/C19H18ClNO5/c1-24-14-8-12(9-15(11-14)25-2)4-7-18(22)21-17-10-13(19(23)26-3)5-6-16(17)20/h4-11H,1-3H3,(H,21,22)/b7-4+. The Hall–Kier alpha value is -2.99. The molecule has 2 aromatic rings. The van der Waals surface area contributed by atoms with Crippen molar-refractivity contribution in [3.05, 3.63) is 58.6 Å². The highest BCUT2D eigenvalue weighted by Crippen LogP contribution is 2.25. The van der Waals surface area contributed by atoms with Crippen LogP contribution in [0.15, 0.2) is 42.5 Å². The van der Waals surface area contributed by atoms with Crippen molar-refractivity contribution >= 4 is 35.2 Å². The summed E-state index contributed by atoms with van der Waals surface area (Å²) < 4.78 is 15.0. The molecule has 0 heterocycles. The molecule has 0 radical (unpaired) electrons. The fraction of sp³-hybridized carbons (Fsp3) is 0.158. The van der Waals surface area contributed by atoms with Crippen LogP contribution in [0.2, 0.25) is 5.02 Å². The number of carbonyl (C=O) groups is 2. The number of ether oxygens (including phenoxy) is 3. The molecule has 0 aliphatic rings. The van der Waals surface area contributed by atoms with Gasteiger partial charge in [0.25, 0.3) is 0 Å². The fourth-order valence-electron chi connectivity index (χ4n) is 2.14. The van der Waals surface area contributed by atoms with E-state index in [1.807, 2.05) is 0 Å². The average molecular weight is 376 g/mol. The Morgan fingerprint density at radius 2 is 1.65 bits per heavy atom. The lowest BCUT2D eigenvalue weighted by Crippen LogP contribution is -2.10. The lowest BCUT2D eigenvalue weighted by molar-refractivity contribution is -0.111. The van der Waals surface area contributed by atoms with Crippen molar-refractivity contribution in [1.82, 2.24) is 0 Å². The Balaban J connectivity index is 2.16. The fourth-order valence-corrected chi connectivity index (χ4v) is 2.30. The number of halogens is 1. The smallest absolute Gasteiger partial charge is 0.337 e. The van der Waals surface area contributed by atoms with Gasteiger partial charge in [-0.15, -0.1) is 0 Å². The number of amides is 1. The van der Waals surface area contributed by atoms with E-state index in [0.717, 1.165) is 5.56 Å². The van der Waals surface area contributed by atoms with E-state index in [9.17, 15) is 9.59 Å². The third-order valence-electron chi connectivity index (χ3n) is 3.45. The molecule has 0 atom stereocenters. The van der Waals surface area contributed by atoms with Crippen molar-refractivity contribution in [2.75, 3.05) is 26.6 Å². The highest BCUT2D eigenvalue weighted by Gasteiger charge is 2.10. The molecule has 0 saturated heterocycles. The molecule has 0 aromatic heterocycles. The summed E-state index contributed by atoms with van der Waals surface area (Å²) >= 11 is 6.06. The van der Waals surface area contributed by atoms with E-state index in [1.165, 1.54) is 31.4 Å². The maximum absolute atomic E-state index is 12.2. The summed E-state index contributed by atoms with van der Waals surface area (Å²) in [5, 5.41) is 2.94. The zero-order valence-corrected chi connectivity index (χ0v) is 15.3. The second-order valence-electron chi connectivity index (χ2n) is 5.15. The molecule has 0 spiro atoms. The first-order chi connectivity index (χ1) is 12.5. The molecule has 0 aliphatic heterocycles. The Kier molecular flexibility index (Phi) is 6.63. The van der Waals surface area contributed by atoms with Crippen LogP contribution in [0.25, 0.3) is 6.08 Å². The minimum atomic E-state index is -0.517. The van der Waals surface area contributed by atoms with E-state index in [-0.39, 0.29) is 5.56 Å². The van der Waals surface area contributed by atoms with Gasteiger partial charge in [-0.25, -0.2) is 4.79 Å². The normalized spacial score (nSPS) is 10.5. The molecule has 0 aliphatic carbocycles. The lowest BCUT2D eigenvalue weighted by Gasteiger charge is -2.08. The Morgan fingerprint density at radius 1 is 1.00 bits per heavy atom. The molecule has 0 saturated carbocycles. The second-order valence-corrected chi connectivity index (χ2v) is 5.56. The molecule has 6 nitrogen and oxygen atoms in total. The average Bonchev–Trinajstić information content (AvgIpc) is 2.67. The highest BCUT2D eigenvalue weighted by molar-refractivity contribution is 6.34. The van der Waals surface area contributed by atoms with Crippen LogP contribution in [-0.2, 0) is 9.53 Å². The maximum Gasteiger partial charge on any atom is 0.337 e. The van der Waals surface area contributed by atoms with Gasteiger partial charge < -0.3 is 19.5 Å². The summed E-state index contributed by atoms with van der Waals surface area (Å²) in [4.78, 5) is 23.7. The molecule has 1 N–H and O–H groups in total. The van der Waals surface area contributed by atoms with Gasteiger partial charge in [0.1, 0.15) is 11.5 Å². The molecule has 136 valence electrons. The van der Waals surface area contributed by atoms with Crippen LogP contribution in [0.4, 0.5) is 5.69 Å². The quantitative estimate of drug-likeness (QED) is 0.614. The van der Waals surface area contributed by atoms with Gasteiger partial charge in [0.15, 0.2) is 0 Å². The van der Waals surface area contributed by atoms with Crippen LogP contribution in [0.5, 0.6) is 11.5 Å². The van der Waals surface area contributed by atoms with Crippen molar-refractivity contribution in [1.29, 1.82) is 0 Å². The number of hydrogen-bond acceptors (Lipinski definition) is 5. The van der Waals surface area contributed by atoms with Gasteiger partial charge in [-0.2, -0.15) is 0 Å². The monoisotopic (exact) mass is 375 g/mol. The predicted molar refractivity (Wildman–Crippen MR) is 100 cm³/mol. The number of anilines is 1. The van der Waals surface area contributed by atoms with Gasteiger partial charge in [0, 0.05) is 12.1 Å². The zero-order valence-electron chi connectivity index (χ0n) is 14.5. The third-order valence-corrected chi connectivity index (χ3v) is 3.78. The first-order valence-electron chi connectivity index (χ1n) is 7.57. The van der Waals surface area contributed by atoms with Gasteiger partial charge in [0.2, 0.25) is 5.91 Å². The summed E-state index contributed by atoms with van der Waals surface area (Å²) in [6.07, 6.45) is 2.95. The molecular weight excluding hydrogens is 358 g/mol. The SMILES string of the molecule is COC(=O)c1ccc(Cl)c(NC(=O)/C=C/c2cc(OC)cc(OC)c2)c1. The highest BCUT2D eigenvalue weighted by atomic mass is 35.5. The number of benzene rings is 2. The van der Waals surface area contributed by atoms with Crippen molar-refractivity contribution in [2.24, 2.45) is 0 Å². The van der Waals surface area contributed by atoms with Gasteiger partial charge in [0.05, 0.1) is 37.6 Å². The Labute approximate surface area is 156 Å². The summed E-state index contributed by atoms with van der Waals surface area (Å²) in [7, 11) is 4.37.